The van der Waals surface area contributed by atoms with Crippen LogP contribution in [0.4, 0.5) is 13.2 Å². The van der Waals surface area contributed by atoms with E-state index in [0.29, 0.717) is 5.56 Å². The van der Waals surface area contributed by atoms with Crippen LogP contribution >= 0.6 is 0 Å². The quantitative estimate of drug-likeness (QED) is 0.567. The van der Waals surface area contributed by atoms with Crippen LogP contribution < -0.4 is 4.74 Å². The van der Waals surface area contributed by atoms with Gasteiger partial charge in [-0.05, 0) is 49.7 Å². The molecule has 2 aromatic carbocycles. The maximum Gasteiger partial charge on any atom is 0.573 e. The molecule has 8 nitrogen and oxygen atoms in total. The summed E-state index contributed by atoms with van der Waals surface area (Å²) in [5, 5.41) is 0. The fourth-order valence-electron chi connectivity index (χ4n) is 3.50. The Labute approximate surface area is 194 Å². The van der Waals surface area contributed by atoms with Crippen molar-refractivity contribution in [2.45, 2.75) is 25.1 Å². The first-order valence-corrected chi connectivity index (χ1v) is 11.7. The molecule has 1 aliphatic heterocycles. The molecule has 2 aromatic rings. The molecule has 1 heterocycles. The Balaban J connectivity index is 1.51. The predicted molar refractivity (Wildman–Crippen MR) is 115 cm³/mol. The number of halogens is 3. The third-order valence-electron chi connectivity index (χ3n) is 5.19. The van der Waals surface area contributed by atoms with E-state index in [4.69, 9.17) is 4.74 Å². The normalized spacial score (nSPS) is 15.1. The summed E-state index contributed by atoms with van der Waals surface area (Å²) < 4.78 is 72.5. The molecule has 0 bridgehead atoms. The lowest BCUT2D eigenvalue weighted by Crippen LogP contribution is -2.51. The lowest BCUT2D eigenvalue weighted by Gasteiger charge is -2.34. The van der Waals surface area contributed by atoms with E-state index < -0.39 is 40.6 Å². The van der Waals surface area contributed by atoms with Gasteiger partial charge in [-0.25, -0.2) is 13.2 Å². The van der Waals surface area contributed by atoms with Crippen molar-refractivity contribution in [2.75, 3.05) is 32.8 Å². The Bertz CT molecular complexity index is 1160. The van der Waals surface area contributed by atoms with E-state index >= 15 is 0 Å². The minimum Gasteiger partial charge on any atom is -0.452 e. The smallest absolute Gasteiger partial charge is 0.452 e. The molecule has 34 heavy (non-hydrogen) atoms. The number of alkyl halides is 3. The fourth-order valence-corrected chi connectivity index (χ4v) is 5.13. The highest BCUT2D eigenvalue weighted by molar-refractivity contribution is 7.89. The average Bonchev–Trinajstić information content (AvgIpc) is 2.76. The number of piperazine rings is 1. The Morgan fingerprint density at radius 3 is 2.15 bits per heavy atom. The molecule has 184 valence electrons. The van der Waals surface area contributed by atoms with Crippen molar-refractivity contribution in [3.8, 4) is 5.75 Å². The molecule has 0 unspecified atom stereocenters. The average molecular weight is 500 g/mol. The van der Waals surface area contributed by atoms with Crippen LogP contribution in [0.2, 0.25) is 0 Å². The summed E-state index contributed by atoms with van der Waals surface area (Å²) in [5.41, 5.74) is 1.54. The van der Waals surface area contributed by atoms with Gasteiger partial charge in [0.15, 0.2) is 6.61 Å². The van der Waals surface area contributed by atoms with E-state index in [1.807, 2.05) is 6.92 Å². The highest BCUT2D eigenvalue weighted by atomic mass is 32.2. The standard InChI is InChI=1S/C22H23F3N2O6S/c1-15-3-8-19(16(2)13-15)34(30,31)27-11-9-26(10-12-27)20(28)14-32-21(29)17-4-6-18(7-5-17)33-22(23,24)25/h3-8,13H,9-12,14H2,1-2H3. The van der Waals surface area contributed by atoms with Gasteiger partial charge in [0.2, 0.25) is 10.0 Å². The molecular formula is C22H23F3N2O6S. The van der Waals surface area contributed by atoms with Crippen molar-refractivity contribution in [1.82, 2.24) is 9.21 Å². The zero-order valence-corrected chi connectivity index (χ0v) is 19.3. The molecule has 1 fully saturated rings. The van der Waals surface area contributed by atoms with Gasteiger partial charge in [0.05, 0.1) is 10.5 Å². The number of rotatable bonds is 6. The number of carbonyl (C=O) groups excluding carboxylic acids is 2. The van der Waals surface area contributed by atoms with E-state index in [0.717, 1.165) is 29.8 Å². The summed E-state index contributed by atoms with van der Waals surface area (Å²) in [4.78, 5) is 26.1. The zero-order valence-electron chi connectivity index (χ0n) is 18.5. The largest absolute Gasteiger partial charge is 0.573 e. The van der Waals surface area contributed by atoms with Gasteiger partial charge in [0, 0.05) is 26.2 Å². The highest BCUT2D eigenvalue weighted by Gasteiger charge is 2.32. The van der Waals surface area contributed by atoms with E-state index in [-0.39, 0.29) is 36.6 Å². The Morgan fingerprint density at radius 1 is 0.971 bits per heavy atom. The molecule has 0 aliphatic carbocycles. The summed E-state index contributed by atoms with van der Waals surface area (Å²) in [6.07, 6.45) is -4.85. The lowest BCUT2D eigenvalue weighted by atomic mass is 10.2. The molecule has 0 N–H and O–H groups in total. The van der Waals surface area contributed by atoms with Crippen molar-refractivity contribution in [3.05, 3.63) is 59.2 Å². The Kier molecular flexibility index (Phi) is 7.51. The van der Waals surface area contributed by atoms with Crippen molar-refractivity contribution in [2.24, 2.45) is 0 Å². The summed E-state index contributed by atoms with van der Waals surface area (Å²) in [6, 6.07) is 9.18. The fraction of sp³-hybridized carbons (Fsp3) is 0.364. The third-order valence-corrected chi connectivity index (χ3v) is 7.25. The van der Waals surface area contributed by atoms with Gasteiger partial charge in [0.25, 0.3) is 5.91 Å². The van der Waals surface area contributed by atoms with Gasteiger partial charge >= 0.3 is 12.3 Å². The number of sulfonamides is 1. The number of hydrogen-bond acceptors (Lipinski definition) is 6. The molecule has 0 spiro atoms. The van der Waals surface area contributed by atoms with Gasteiger partial charge < -0.3 is 14.4 Å². The maximum atomic E-state index is 13.0. The number of aryl methyl sites for hydroxylation is 2. The van der Waals surface area contributed by atoms with Crippen LogP contribution in [0.25, 0.3) is 0 Å². The molecule has 3 rings (SSSR count). The number of ether oxygens (including phenoxy) is 2. The van der Waals surface area contributed by atoms with Crippen LogP contribution in [0.1, 0.15) is 21.5 Å². The SMILES string of the molecule is Cc1ccc(S(=O)(=O)N2CCN(C(=O)COC(=O)c3ccc(OC(F)(F)F)cc3)CC2)c(C)c1. The topological polar surface area (TPSA) is 93.2 Å². The van der Waals surface area contributed by atoms with Crippen LogP contribution in [0.5, 0.6) is 5.75 Å². The number of nitrogens with zero attached hydrogens (tertiary/aromatic N) is 2. The van der Waals surface area contributed by atoms with Gasteiger partial charge in [-0.15, -0.1) is 13.2 Å². The second-order valence-corrected chi connectivity index (χ2v) is 9.61. The second-order valence-electron chi connectivity index (χ2n) is 7.70. The molecule has 0 atom stereocenters. The van der Waals surface area contributed by atoms with Crippen molar-refractivity contribution in [1.29, 1.82) is 0 Å². The first-order valence-electron chi connectivity index (χ1n) is 10.2. The maximum absolute atomic E-state index is 13.0. The minimum absolute atomic E-state index is 0.0493. The van der Waals surface area contributed by atoms with Crippen LogP contribution in [0.3, 0.4) is 0 Å². The van der Waals surface area contributed by atoms with Crippen molar-refractivity contribution >= 4 is 21.9 Å². The molecule has 0 saturated carbocycles. The first-order chi connectivity index (χ1) is 15.9. The Hall–Kier alpha value is -3.12. The van der Waals surface area contributed by atoms with Crippen molar-refractivity contribution < 1.29 is 40.7 Å². The van der Waals surface area contributed by atoms with E-state index in [1.165, 1.54) is 9.21 Å². The van der Waals surface area contributed by atoms with Gasteiger partial charge in [0.1, 0.15) is 5.75 Å². The molecule has 0 radical (unpaired) electrons. The minimum atomic E-state index is -4.85. The van der Waals surface area contributed by atoms with Crippen LogP contribution in [0, 0.1) is 13.8 Å². The molecular weight excluding hydrogens is 477 g/mol. The van der Waals surface area contributed by atoms with E-state index in [1.54, 1.807) is 25.1 Å². The van der Waals surface area contributed by atoms with Gasteiger partial charge in [-0.1, -0.05) is 17.7 Å². The number of carbonyl (C=O) groups is 2. The lowest BCUT2D eigenvalue weighted by molar-refractivity contribution is -0.274. The number of esters is 1. The van der Waals surface area contributed by atoms with E-state index in [9.17, 15) is 31.2 Å². The van der Waals surface area contributed by atoms with Crippen LogP contribution in [0.15, 0.2) is 47.4 Å². The second kappa shape index (κ2) is 10.0. The monoisotopic (exact) mass is 500 g/mol. The molecule has 1 saturated heterocycles. The zero-order chi connectivity index (χ0) is 25.1. The summed E-state index contributed by atoms with van der Waals surface area (Å²) >= 11 is 0. The molecule has 12 heteroatoms. The molecule has 0 aromatic heterocycles. The first kappa shape index (κ1) is 25.5. The number of amides is 1. The highest BCUT2D eigenvalue weighted by Crippen LogP contribution is 2.24. The summed E-state index contributed by atoms with van der Waals surface area (Å²) in [7, 11) is -3.71. The number of hydrogen-bond donors (Lipinski definition) is 0. The third kappa shape index (κ3) is 6.26. The van der Waals surface area contributed by atoms with Crippen molar-refractivity contribution in [3.63, 3.8) is 0 Å². The Morgan fingerprint density at radius 2 is 1.59 bits per heavy atom. The molecule has 1 aliphatic rings. The summed E-state index contributed by atoms with van der Waals surface area (Å²) in [6.45, 7) is 3.46. The van der Waals surface area contributed by atoms with E-state index in [2.05, 4.69) is 4.74 Å². The van der Waals surface area contributed by atoms with Gasteiger partial charge in [-0.3, -0.25) is 4.79 Å². The summed E-state index contributed by atoms with van der Waals surface area (Å²) in [5.74, 6) is -1.88. The molecule has 1 amide bonds. The van der Waals surface area contributed by atoms with Crippen LogP contribution in [-0.2, 0) is 19.6 Å². The van der Waals surface area contributed by atoms with Crippen LogP contribution in [-0.4, -0.2) is 68.6 Å². The predicted octanol–water partition coefficient (Wildman–Crippen LogP) is 2.89. The number of benzene rings is 2. The van der Waals surface area contributed by atoms with Gasteiger partial charge in [-0.2, -0.15) is 4.31 Å².